The Morgan fingerprint density at radius 3 is 2.22 bits per heavy atom. The number of carbonyl (C=O) groups is 2. The molecular weight excluding hydrogens is 649 g/mol. The van der Waals surface area contributed by atoms with E-state index in [9.17, 15) is 18.0 Å². The molecule has 0 aliphatic heterocycles. The molecule has 1 saturated carbocycles. The van der Waals surface area contributed by atoms with Crippen LogP contribution in [0.25, 0.3) is 0 Å². The molecule has 1 N–H and O–H groups in total. The van der Waals surface area contributed by atoms with Crippen molar-refractivity contribution in [2.24, 2.45) is 0 Å². The molecule has 1 aliphatic carbocycles. The lowest BCUT2D eigenvalue weighted by molar-refractivity contribution is -0.140. The highest BCUT2D eigenvalue weighted by molar-refractivity contribution is 9.10. The van der Waals surface area contributed by atoms with Crippen molar-refractivity contribution in [3.8, 4) is 0 Å². The molecule has 0 heterocycles. The lowest BCUT2D eigenvalue weighted by Crippen LogP contribution is -2.54. The third-order valence-corrected chi connectivity index (χ3v) is 9.48. The Bertz CT molecular complexity index is 1460. The Labute approximate surface area is 260 Å². The molecule has 3 aromatic carbocycles. The van der Waals surface area contributed by atoms with Crippen molar-refractivity contribution in [3.63, 3.8) is 0 Å². The van der Waals surface area contributed by atoms with Crippen LogP contribution in [0.2, 0.25) is 10.0 Å². The van der Waals surface area contributed by atoms with Crippen molar-refractivity contribution in [1.82, 2.24) is 10.2 Å². The van der Waals surface area contributed by atoms with Gasteiger partial charge in [0.1, 0.15) is 12.6 Å². The average Bonchev–Trinajstić information content (AvgIpc) is 3.43. The van der Waals surface area contributed by atoms with Gasteiger partial charge in [-0.15, -0.1) is 0 Å². The van der Waals surface area contributed by atoms with Gasteiger partial charge in [-0.25, -0.2) is 8.42 Å². The summed E-state index contributed by atoms with van der Waals surface area (Å²) in [6.45, 7) is -0.595. The van der Waals surface area contributed by atoms with Gasteiger partial charge in [0.15, 0.2) is 0 Å². The molecule has 0 aromatic heterocycles. The second-order valence-corrected chi connectivity index (χ2v) is 13.8. The minimum atomic E-state index is -3.86. The monoisotopic (exact) mass is 679 g/mol. The third-order valence-electron chi connectivity index (χ3n) is 7.14. The number of sulfonamides is 1. The van der Waals surface area contributed by atoms with Crippen LogP contribution in [0.3, 0.4) is 0 Å². The van der Waals surface area contributed by atoms with Crippen LogP contribution in [-0.2, 0) is 32.6 Å². The third kappa shape index (κ3) is 8.47. The largest absolute Gasteiger partial charge is 0.352 e. The fraction of sp³-hybridized carbons (Fsp3) is 0.333. The number of amides is 2. The Balaban J connectivity index is 1.76. The molecule has 0 bridgehead atoms. The summed E-state index contributed by atoms with van der Waals surface area (Å²) >= 11 is 16.4. The van der Waals surface area contributed by atoms with Gasteiger partial charge in [-0.3, -0.25) is 13.9 Å². The van der Waals surface area contributed by atoms with E-state index in [1.807, 2.05) is 30.3 Å². The molecule has 0 spiro atoms. The standard InChI is InChI=1S/C30H32BrCl2N3O4S/c1-41(39,40)36(24-14-7-11-22(31)18-24)20-29(37)35(19-25-26(32)15-8-16-27(25)33)28(17-21-9-3-2-4-10-21)30(38)34-23-12-5-6-13-23/h2-4,7-11,14-16,18,23,28H,5-6,12-13,17,19-20H2,1H3,(H,34,38)/t28-/m1/s1. The molecule has 3 aromatic rings. The zero-order valence-corrected chi connectivity index (χ0v) is 26.5. The summed E-state index contributed by atoms with van der Waals surface area (Å²) in [6, 6.07) is 20.2. The first-order valence-electron chi connectivity index (χ1n) is 13.3. The fourth-order valence-electron chi connectivity index (χ4n) is 5.02. The summed E-state index contributed by atoms with van der Waals surface area (Å²) in [7, 11) is -3.86. The first-order chi connectivity index (χ1) is 19.5. The van der Waals surface area contributed by atoms with Crippen LogP contribution in [0.5, 0.6) is 0 Å². The maximum Gasteiger partial charge on any atom is 0.244 e. The second-order valence-electron chi connectivity index (χ2n) is 10.2. The van der Waals surface area contributed by atoms with Crippen LogP contribution in [0.15, 0.2) is 77.3 Å². The van der Waals surface area contributed by atoms with Gasteiger partial charge in [-0.1, -0.05) is 94.4 Å². The first kappa shape index (κ1) is 31.3. The van der Waals surface area contributed by atoms with Crippen molar-refractivity contribution >= 4 is 66.7 Å². The van der Waals surface area contributed by atoms with E-state index >= 15 is 0 Å². The molecule has 2 amide bonds. The predicted molar refractivity (Wildman–Crippen MR) is 168 cm³/mol. The second kappa shape index (κ2) is 14.1. The van der Waals surface area contributed by atoms with E-state index in [1.165, 1.54) is 4.90 Å². The van der Waals surface area contributed by atoms with Gasteiger partial charge in [0.2, 0.25) is 21.8 Å². The Morgan fingerprint density at radius 2 is 1.61 bits per heavy atom. The number of carbonyl (C=O) groups excluding carboxylic acids is 2. The van der Waals surface area contributed by atoms with Gasteiger partial charge >= 0.3 is 0 Å². The van der Waals surface area contributed by atoms with Gasteiger partial charge in [0.25, 0.3) is 0 Å². The van der Waals surface area contributed by atoms with Crippen LogP contribution in [0.1, 0.15) is 36.8 Å². The summed E-state index contributed by atoms with van der Waals surface area (Å²) in [5, 5.41) is 3.82. The van der Waals surface area contributed by atoms with Crippen molar-refractivity contribution in [1.29, 1.82) is 0 Å². The Hall–Kier alpha value is -2.59. The van der Waals surface area contributed by atoms with E-state index in [4.69, 9.17) is 23.2 Å². The van der Waals surface area contributed by atoms with E-state index in [1.54, 1.807) is 42.5 Å². The summed E-state index contributed by atoms with van der Waals surface area (Å²) in [5.41, 5.74) is 1.65. The van der Waals surface area contributed by atoms with Gasteiger partial charge in [-0.2, -0.15) is 0 Å². The molecule has 0 unspecified atom stereocenters. The molecule has 4 rings (SSSR count). The van der Waals surface area contributed by atoms with Crippen LogP contribution >= 0.6 is 39.1 Å². The van der Waals surface area contributed by atoms with Crippen LogP contribution in [-0.4, -0.2) is 50.0 Å². The van der Waals surface area contributed by atoms with E-state index in [2.05, 4.69) is 21.2 Å². The highest BCUT2D eigenvalue weighted by Crippen LogP contribution is 2.29. The van der Waals surface area contributed by atoms with Crippen molar-refractivity contribution in [2.75, 3.05) is 17.1 Å². The normalized spacial score (nSPS) is 14.4. The van der Waals surface area contributed by atoms with Crippen molar-refractivity contribution in [3.05, 3.63) is 98.4 Å². The maximum atomic E-state index is 14.2. The number of nitrogens with zero attached hydrogens (tertiary/aromatic N) is 2. The summed E-state index contributed by atoms with van der Waals surface area (Å²) in [4.78, 5) is 29.5. The number of nitrogens with one attached hydrogen (secondary N) is 1. The zero-order valence-electron chi connectivity index (χ0n) is 22.6. The molecule has 1 fully saturated rings. The van der Waals surface area contributed by atoms with Crippen LogP contribution in [0, 0.1) is 0 Å². The lowest BCUT2D eigenvalue weighted by Gasteiger charge is -2.34. The van der Waals surface area contributed by atoms with Gasteiger partial charge in [0.05, 0.1) is 11.9 Å². The molecule has 41 heavy (non-hydrogen) atoms. The van der Waals surface area contributed by atoms with Gasteiger partial charge < -0.3 is 10.2 Å². The predicted octanol–water partition coefficient (Wildman–Crippen LogP) is 6.22. The number of rotatable bonds is 11. The smallest absolute Gasteiger partial charge is 0.244 e. The Kier molecular flexibility index (Phi) is 10.7. The summed E-state index contributed by atoms with van der Waals surface area (Å²) < 4.78 is 27.5. The SMILES string of the molecule is CS(=O)(=O)N(CC(=O)N(Cc1c(Cl)cccc1Cl)[C@H](Cc1ccccc1)C(=O)NC1CCCC1)c1cccc(Br)c1. The Morgan fingerprint density at radius 1 is 0.976 bits per heavy atom. The number of hydrogen-bond acceptors (Lipinski definition) is 4. The zero-order chi connectivity index (χ0) is 29.6. The number of anilines is 1. The first-order valence-corrected chi connectivity index (χ1v) is 16.7. The lowest BCUT2D eigenvalue weighted by atomic mass is 10.0. The molecule has 1 atom stereocenters. The summed E-state index contributed by atoms with van der Waals surface area (Å²) in [6.07, 6.45) is 5.08. The quantitative estimate of drug-likeness (QED) is 0.261. The molecule has 0 saturated heterocycles. The van der Waals surface area contributed by atoms with Crippen molar-refractivity contribution < 1.29 is 18.0 Å². The molecule has 11 heteroatoms. The van der Waals surface area contributed by atoms with Gasteiger partial charge in [0, 0.05) is 39.1 Å². The molecule has 0 radical (unpaired) electrons. The summed E-state index contributed by atoms with van der Waals surface area (Å²) in [5.74, 6) is -0.862. The topological polar surface area (TPSA) is 86.8 Å². The maximum absolute atomic E-state index is 14.2. The molecule has 1 aliphatic rings. The number of halogens is 3. The highest BCUT2D eigenvalue weighted by atomic mass is 79.9. The minimum absolute atomic E-state index is 0.0239. The van der Waals surface area contributed by atoms with Crippen LogP contribution in [0.4, 0.5) is 5.69 Å². The average molecular weight is 681 g/mol. The molecule has 218 valence electrons. The van der Waals surface area contributed by atoms with Crippen LogP contribution < -0.4 is 9.62 Å². The highest BCUT2D eigenvalue weighted by Gasteiger charge is 2.35. The van der Waals surface area contributed by atoms with Crippen molar-refractivity contribution in [2.45, 2.75) is 50.7 Å². The minimum Gasteiger partial charge on any atom is -0.352 e. The molecular formula is C30H32BrCl2N3O4S. The number of hydrogen-bond donors (Lipinski definition) is 1. The van der Waals surface area contributed by atoms with E-state index in [0.717, 1.165) is 41.8 Å². The van der Waals surface area contributed by atoms with E-state index in [0.29, 0.717) is 25.8 Å². The van der Waals surface area contributed by atoms with Gasteiger partial charge in [-0.05, 0) is 48.7 Å². The number of benzene rings is 3. The fourth-order valence-corrected chi connectivity index (χ4v) is 6.77. The van der Waals surface area contributed by atoms with E-state index < -0.39 is 28.5 Å². The van der Waals surface area contributed by atoms with E-state index in [-0.39, 0.29) is 24.9 Å². The molecule has 7 nitrogen and oxygen atoms in total.